The van der Waals surface area contributed by atoms with Crippen LogP contribution in [0, 0.1) is 0 Å². The zero-order chi connectivity index (χ0) is 15.1. The Balaban J connectivity index is 2.65. The lowest BCUT2D eigenvalue weighted by atomic mass is 10.3. The number of hydrogen-bond acceptors (Lipinski definition) is 6. The van der Waals surface area contributed by atoms with Crippen LogP contribution < -0.4 is 4.18 Å². The van der Waals surface area contributed by atoms with Crippen molar-refractivity contribution >= 4 is 27.1 Å². The van der Waals surface area contributed by atoms with Crippen LogP contribution >= 0.6 is 0 Å². The van der Waals surface area contributed by atoms with Gasteiger partial charge in [0.2, 0.25) is 5.75 Å². The zero-order valence-corrected chi connectivity index (χ0v) is 10.0. The quantitative estimate of drug-likeness (QED) is 0.679. The van der Waals surface area contributed by atoms with Crippen molar-refractivity contribution < 1.29 is 40.1 Å². The standard InChI is InChI=1S/C9H4F3NO6S/c10-9(11,12)20(16,17)19-6-4-3-13-2-1-5(4)18-7(6)8(14)15/h1-3H,(H,14,15). The van der Waals surface area contributed by atoms with Gasteiger partial charge in [0.05, 0.1) is 5.39 Å². The predicted molar refractivity (Wildman–Crippen MR) is 56.6 cm³/mol. The fraction of sp³-hybridized carbons (Fsp3) is 0.111. The normalized spacial score (nSPS) is 12.6. The molecule has 0 saturated heterocycles. The number of fused-ring (bicyclic) bond motifs is 1. The molecule has 0 amide bonds. The van der Waals surface area contributed by atoms with E-state index in [4.69, 9.17) is 9.52 Å². The number of rotatable bonds is 3. The molecule has 0 radical (unpaired) electrons. The van der Waals surface area contributed by atoms with Gasteiger partial charge >= 0.3 is 21.6 Å². The summed E-state index contributed by atoms with van der Waals surface area (Å²) in [6.45, 7) is 0. The lowest BCUT2D eigenvalue weighted by molar-refractivity contribution is -0.0500. The molecule has 0 unspecified atom stereocenters. The van der Waals surface area contributed by atoms with E-state index < -0.39 is 33.1 Å². The van der Waals surface area contributed by atoms with Crippen molar-refractivity contribution in [2.75, 3.05) is 0 Å². The number of aromatic carboxylic acids is 1. The first-order valence-corrected chi connectivity index (χ1v) is 6.15. The summed E-state index contributed by atoms with van der Waals surface area (Å²) in [5.74, 6) is -3.92. The Labute approximate surface area is 108 Å². The minimum Gasteiger partial charge on any atom is -0.475 e. The van der Waals surface area contributed by atoms with E-state index in [9.17, 15) is 26.4 Å². The highest BCUT2D eigenvalue weighted by Gasteiger charge is 2.49. The van der Waals surface area contributed by atoms with Crippen LogP contribution in [0.5, 0.6) is 5.75 Å². The van der Waals surface area contributed by atoms with E-state index in [1.165, 1.54) is 6.20 Å². The molecule has 11 heteroatoms. The number of furan rings is 1. The number of carboxylic acid groups (broad SMARTS) is 1. The molecule has 7 nitrogen and oxygen atoms in total. The van der Waals surface area contributed by atoms with Crippen LogP contribution in [0.3, 0.4) is 0 Å². The molecule has 20 heavy (non-hydrogen) atoms. The number of alkyl halides is 3. The number of nitrogens with zero attached hydrogens (tertiary/aromatic N) is 1. The van der Waals surface area contributed by atoms with E-state index in [2.05, 4.69) is 9.17 Å². The van der Waals surface area contributed by atoms with E-state index in [1.807, 2.05) is 0 Å². The van der Waals surface area contributed by atoms with Crippen molar-refractivity contribution in [2.45, 2.75) is 5.51 Å². The van der Waals surface area contributed by atoms with Gasteiger partial charge in [0, 0.05) is 12.4 Å². The average Bonchev–Trinajstić information content (AvgIpc) is 2.67. The maximum atomic E-state index is 12.3. The smallest absolute Gasteiger partial charge is 0.475 e. The van der Waals surface area contributed by atoms with Gasteiger partial charge in [0.25, 0.3) is 5.76 Å². The largest absolute Gasteiger partial charge is 0.534 e. The fourth-order valence-corrected chi connectivity index (χ4v) is 1.78. The minimum atomic E-state index is -6.02. The van der Waals surface area contributed by atoms with Crippen molar-refractivity contribution in [3.05, 3.63) is 24.2 Å². The number of pyridine rings is 1. The van der Waals surface area contributed by atoms with Crippen LogP contribution in [0.1, 0.15) is 10.6 Å². The molecule has 0 saturated carbocycles. The van der Waals surface area contributed by atoms with Gasteiger partial charge in [0.15, 0.2) is 0 Å². The molecule has 1 N–H and O–H groups in total. The Morgan fingerprint density at radius 3 is 2.60 bits per heavy atom. The molecular weight excluding hydrogens is 307 g/mol. The molecule has 0 aromatic carbocycles. The van der Waals surface area contributed by atoms with Crippen molar-refractivity contribution in [1.82, 2.24) is 4.98 Å². The van der Waals surface area contributed by atoms with E-state index >= 15 is 0 Å². The average molecular weight is 311 g/mol. The number of aromatic nitrogens is 1. The van der Waals surface area contributed by atoms with Crippen LogP contribution in [-0.4, -0.2) is 30.0 Å². The maximum absolute atomic E-state index is 12.3. The van der Waals surface area contributed by atoms with Crippen molar-refractivity contribution in [3.8, 4) is 5.75 Å². The zero-order valence-electron chi connectivity index (χ0n) is 9.21. The van der Waals surface area contributed by atoms with Crippen molar-refractivity contribution in [2.24, 2.45) is 0 Å². The second kappa shape index (κ2) is 4.37. The van der Waals surface area contributed by atoms with Gasteiger partial charge in [-0.1, -0.05) is 0 Å². The molecule has 2 aromatic heterocycles. The van der Waals surface area contributed by atoms with E-state index in [1.54, 1.807) is 0 Å². The Bertz CT molecular complexity index is 779. The summed E-state index contributed by atoms with van der Waals surface area (Å²) >= 11 is 0. The van der Waals surface area contributed by atoms with E-state index in [0.29, 0.717) is 0 Å². The summed E-state index contributed by atoms with van der Waals surface area (Å²) in [5, 5.41) is 8.49. The number of hydrogen-bond donors (Lipinski definition) is 1. The molecule has 2 aromatic rings. The molecule has 0 bridgehead atoms. The second-order valence-corrected chi connectivity index (χ2v) is 4.96. The maximum Gasteiger partial charge on any atom is 0.534 e. The third-order valence-electron chi connectivity index (χ3n) is 2.11. The number of halogens is 3. The Kier molecular flexibility index (Phi) is 3.08. The monoisotopic (exact) mass is 311 g/mol. The summed E-state index contributed by atoms with van der Waals surface area (Å²) in [7, 11) is -6.02. The van der Waals surface area contributed by atoms with E-state index in [0.717, 1.165) is 12.3 Å². The van der Waals surface area contributed by atoms with Crippen LogP contribution in [-0.2, 0) is 10.1 Å². The number of carboxylic acids is 1. The first kappa shape index (κ1) is 14.1. The first-order valence-electron chi connectivity index (χ1n) is 4.74. The molecule has 0 fully saturated rings. The summed E-state index contributed by atoms with van der Waals surface area (Å²) in [6.07, 6.45) is 2.10. The summed E-state index contributed by atoms with van der Waals surface area (Å²) < 4.78 is 67.2. The van der Waals surface area contributed by atoms with Crippen LogP contribution in [0.25, 0.3) is 11.0 Å². The van der Waals surface area contributed by atoms with Gasteiger partial charge < -0.3 is 13.7 Å². The Morgan fingerprint density at radius 1 is 1.40 bits per heavy atom. The summed E-state index contributed by atoms with van der Waals surface area (Å²) in [6, 6.07) is 1.15. The molecule has 0 aliphatic rings. The van der Waals surface area contributed by atoms with Gasteiger partial charge in [0.1, 0.15) is 5.58 Å². The van der Waals surface area contributed by atoms with E-state index in [-0.39, 0.29) is 11.0 Å². The van der Waals surface area contributed by atoms with Crippen molar-refractivity contribution in [3.63, 3.8) is 0 Å². The van der Waals surface area contributed by atoms with Crippen LogP contribution in [0.4, 0.5) is 13.2 Å². The minimum absolute atomic E-state index is 0.176. The summed E-state index contributed by atoms with van der Waals surface area (Å²) in [5.41, 5.74) is -5.88. The highest BCUT2D eigenvalue weighted by Crippen LogP contribution is 2.36. The number of carbonyl (C=O) groups is 1. The molecule has 0 atom stereocenters. The third kappa shape index (κ3) is 2.27. The topological polar surface area (TPSA) is 107 Å². The van der Waals surface area contributed by atoms with Crippen molar-refractivity contribution in [1.29, 1.82) is 0 Å². The molecule has 0 aliphatic carbocycles. The molecular formula is C9H4F3NO6S. The van der Waals surface area contributed by atoms with Gasteiger partial charge in [-0.25, -0.2) is 4.79 Å². The lowest BCUT2D eigenvalue weighted by Gasteiger charge is -2.08. The van der Waals surface area contributed by atoms with Gasteiger partial charge in [-0.15, -0.1) is 0 Å². The molecule has 2 heterocycles. The fourth-order valence-electron chi connectivity index (χ4n) is 1.30. The van der Waals surface area contributed by atoms with Crippen LogP contribution in [0.15, 0.2) is 22.9 Å². The third-order valence-corrected chi connectivity index (χ3v) is 3.07. The molecule has 0 aliphatic heterocycles. The lowest BCUT2D eigenvalue weighted by Crippen LogP contribution is -2.28. The first-order chi connectivity index (χ1) is 9.13. The Hall–Kier alpha value is -2.30. The SMILES string of the molecule is O=C(O)c1oc2ccncc2c1OS(=O)(=O)C(F)(F)F. The van der Waals surface area contributed by atoms with Gasteiger partial charge in [-0.3, -0.25) is 4.98 Å². The van der Waals surface area contributed by atoms with Gasteiger partial charge in [-0.2, -0.15) is 21.6 Å². The predicted octanol–water partition coefficient (Wildman–Crippen LogP) is 1.75. The summed E-state index contributed by atoms with van der Waals surface area (Å²) in [4.78, 5) is 14.4. The second-order valence-electron chi connectivity index (χ2n) is 3.42. The Morgan fingerprint density at radius 2 is 2.05 bits per heavy atom. The molecule has 0 spiro atoms. The van der Waals surface area contributed by atoms with Crippen LogP contribution in [0.2, 0.25) is 0 Å². The van der Waals surface area contributed by atoms with Gasteiger partial charge in [-0.05, 0) is 6.07 Å². The highest BCUT2D eigenvalue weighted by molar-refractivity contribution is 7.88. The highest BCUT2D eigenvalue weighted by atomic mass is 32.2. The molecule has 108 valence electrons. The molecule has 2 rings (SSSR count).